The molecule has 102 valence electrons. The molecule has 0 N–H and O–H groups in total. The first kappa shape index (κ1) is 16.6. The molecule has 17 heavy (non-hydrogen) atoms. The molecular weight excluding hydrogens is 236 g/mol. The van der Waals surface area contributed by atoms with E-state index in [-0.39, 0.29) is 6.29 Å². The van der Waals surface area contributed by atoms with Crippen LogP contribution < -0.4 is 0 Å². The zero-order valence-electron chi connectivity index (χ0n) is 11.7. The molecule has 0 heterocycles. The Kier molecular flexibility index (Phi) is 9.44. The van der Waals surface area contributed by atoms with E-state index in [1.54, 1.807) is 6.26 Å². The fourth-order valence-electron chi connectivity index (χ4n) is 1.53. The van der Waals surface area contributed by atoms with Gasteiger partial charge >= 0.3 is 8.80 Å². The molecule has 0 spiro atoms. The minimum Gasteiger partial charge on any atom is -0.474 e. The summed E-state index contributed by atoms with van der Waals surface area (Å²) >= 11 is 0. The van der Waals surface area contributed by atoms with Crippen molar-refractivity contribution in [3.63, 3.8) is 0 Å². The predicted octanol–water partition coefficient (Wildman–Crippen LogP) is 3.32. The highest BCUT2D eigenvalue weighted by molar-refractivity contribution is 6.60. The molecule has 0 aromatic heterocycles. The number of hydrogen-bond acceptors (Lipinski definition) is 4. The Labute approximate surface area is 106 Å². The van der Waals surface area contributed by atoms with Gasteiger partial charge in [0.25, 0.3) is 0 Å². The molecule has 0 aliphatic rings. The molecule has 0 rings (SSSR count). The van der Waals surface area contributed by atoms with E-state index in [0.29, 0.717) is 13.2 Å². The van der Waals surface area contributed by atoms with Gasteiger partial charge in [0.05, 0.1) is 6.26 Å². The summed E-state index contributed by atoms with van der Waals surface area (Å²) in [7, 11) is -2.57. The van der Waals surface area contributed by atoms with Gasteiger partial charge in [0, 0.05) is 19.3 Å². The maximum Gasteiger partial charge on any atom is 0.503 e. The van der Waals surface area contributed by atoms with Gasteiger partial charge in [0.15, 0.2) is 6.29 Å². The second kappa shape index (κ2) is 9.64. The molecule has 0 fully saturated rings. The fraction of sp³-hybridized carbons (Fsp3) is 0.833. The summed E-state index contributed by atoms with van der Waals surface area (Å²) in [5, 5.41) is 0. The molecule has 0 saturated heterocycles. The van der Waals surface area contributed by atoms with Crippen molar-refractivity contribution in [3.05, 3.63) is 12.3 Å². The fourth-order valence-corrected chi connectivity index (χ4v) is 4.21. The summed E-state index contributed by atoms with van der Waals surface area (Å²) < 4.78 is 22.7. The zero-order chi connectivity index (χ0) is 13.1. The van der Waals surface area contributed by atoms with Gasteiger partial charge in [-0.15, -0.1) is 0 Å². The van der Waals surface area contributed by atoms with Crippen LogP contribution in [-0.4, -0.2) is 28.3 Å². The van der Waals surface area contributed by atoms with Crippen LogP contribution in [0.4, 0.5) is 0 Å². The van der Waals surface area contributed by atoms with E-state index < -0.39 is 8.80 Å². The third-order valence-corrected chi connectivity index (χ3v) is 5.30. The molecule has 0 aromatic carbocycles. The van der Waals surface area contributed by atoms with E-state index in [1.807, 2.05) is 33.8 Å². The van der Waals surface area contributed by atoms with E-state index in [9.17, 15) is 0 Å². The summed E-state index contributed by atoms with van der Waals surface area (Å²) in [6.45, 7) is 11.0. The van der Waals surface area contributed by atoms with Crippen molar-refractivity contribution in [2.24, 2.45) is 0 Å². The van der Waals surface area contributed by atoms with Crippen molar-refractivity contribution in [2.45, 2.75) is 53.4 Å². The Balaban J connectivity index is 4.51. The van der Waals surface area contributed by atoms with E-state index in [4.69, 9.17) is 18.0 Å². The van der Waals surface area contributed by atoms with Crippen LogP contribution in [0.5, 0.6) is 0 Å². The summed E-state index contributed by atoms with van der Waals surface area (Å²) in [5.74, 6) is 0. The van der Waals surface area contributed by atoms with Gasteiger partial charge in [-0.3, -0.25) is 0 Å². The van der Waals surface area contributed by atoms with Crippen molar-refractivity contribution in [3.8, 4) is 0 Å². The van der Waals surface area contributed by atoms with Crippen LogP contribution >= 0.6 is 0 Å². The van der Waals surface area contributed by atoms with Crippen molar-refractivity contribution in [1.82, 2.24) is 0 Å². The monoisotopic (exact) mass is 262 g/mol. The molecule has 0 aliphatic heterocycles. The van der Waals surface area contributed by atoms with Crippen LogP contribution in [-0.2, 0) is 18.0 Å². The smallest absolute Gasteiger partial charge is 0.474 e. The van der Waals surface area contributed by atoms with E-state index in [2.05, 4.69) is 6.92 Å². The summed E-state index contributed by atoms with van der Waals surface area (Å²) in [4.78, 5) is 0. The molecule has 0 aliphatic carbocycles. The molecule has 0 aromatic rings. The maximum absolute atomic E-state index is 5.88. The first-order valence-corrected chi connectivity index (χ1v) is 8.29. The Morgan fingerprint density at radius 1 is 1.12 bits per heavy atom. The second-order valence-electron chi connectivity index (χ2n) is 3.59. The van der Waals surface area contributed by atoms with Crippen LogP contribution in [0.3, 0.4) is 0 Å². The number of rotatable bonds is 10. The Morgan fingerprint density at radius 3 is 2.12 bits per heavy atom. The van der Waals surface area contributed by atoms with E-state index >= 15 is 0 Å². The van der Waals surface area contributed by atoms with Gasteiger partial charge in [-0.25, -0.2) is 0 Å². The summed E-state index contributed by atoms with van der Waals surface area (Å²) in [6.07, 6.45) is 4.07. The molecule has 1 unspecified atom stereocenters. The zero-order valence-corrected chi connectivity index (χ0v) is 12.7. The van der Waals surface area contributed by atoms with Gasteiger partial charge in [0.2, 0.25) is 0 Å². The molecule has 0 saturated carbocycles. The molecule has 0 amide bonds. The third-order valence-electron chi connectivity index (χ3n) is 2.04. The molecule has 0 radical (unpaired) electrons. The lowest BCUT2D eigenvalue weighted by atomic mass is 10.6. The average Bonchev–Trinajstić information content (AvgIpc) is 2.27. The Morgan fingerprint density at radius 2 is 1.71 bits per heavy atom. The van der Waals surface area contributed by atoms with Crippen LogP contribution in [0.15, 0.2) is 12.3 Å². The van der Waals surface area contributed by atoms with Crippen molar-refractivity contribution in [2.75, 3.05) is 13.2 Å². The maximum atomic E-state index is 5.88. The standard InChI is InChI=1S/C12H26O4Si/c1-6-10-13-12(5)16-17(11-7-2,14-8-3)15-9-4/h6,10,12H,7-9,11H2,1-5H3. The van der Waals surface area contributed by atoms with Gasteiger partial charge < -0.3 is 18.0 Å². The van der Waals surface area contributed by atoms with Crippen molar-refractivity contribution in [1.29, 1.82) is 0 Å². The minimum atomic E-state index is -2.57. The van der Waals surface area contributed by atoms with Crippen molar-refractivity contribution < 1.29 is 18.0 Å². The highest BCUT2D eigenvalue weighted by Gasteiger charge is 2.41. The van der Waals surface area contributed by atoms with Gasteiger partial charge in [-0.05, 0) is 27.7 Å². The quantitative estimate of drug-likeness (QED) is 0.344. The highest BCUT2D eigenvalue weighted by Crippen LogP contribution is 2.20. The first-order valence-electron chi connectivity index (χ1n) is 6.36. The summed E-state index contributed by atoms with van der Waals surface area (Å²) in [5.41, 5.74) is 0. The summed E-state index contributed by atoms with van der Waals surface area (Å²) in [6, 6.07) is 0.818. The normalized spacial score (nSPS) is 14.2. The molecule has 0 bridgehead atoms. The number of hydrogen-bond donors (Lipinski definition) is 0. The van der Waals surface area contributed by atoms with E-state index in [0.717, 1.165) is 12.5 Å². The largest absolute Gasteiger partial charge is 0.503 e. The van der Waals surface area contributed by atoms with E-state index in [1.165, 1.54) is 0 Å². The topological polar surface area (TPSA) is 36.9 Å². The van der Waals surface area contributed by atoms with Crippen LogP contribution in [0.25, 0.3) is 0 Å². The SMILES string of the molecule is CC=COC(C)O[Si](CCC)(OCC)OCC. The molecule has 4 nitrogen and oxygen atoms in total. The Hall–Kier alpha value is -0.363. The van der Waals surface area contributed by atoms with Crippen LogP contribution in [0.2, 0.25) is 6.04 Å². The second-order valence-corrected chi connectivity index (χ2v) is 6.27. The number of allylic oxidation sites excluding steroid dienone is 1. The average molecular weight is 262 g/mol. The first-order chi connectivity index (χ1) is 8.14. The predicted molar refractivity (Wildman–Crippen MR) is 70.6 cm³/mol. The van der Waals surface area contributed by atoms with Crippen LogP contribution in [0, 0.1) is 0 Å². The third kappa shape index (κ3) is 6.83. The van der Waals surface area contributed by atoms with Gasteiger partial charge in [-0.1, -0.05) is 19.4 Å². The Bertz CT molecular complexity index is 192. The molecular formula is C12H26O4Si. The lowest BCUT2D eigenvalue weighted by molar-refractivity contribution is -0.0721. The molecule has 1 atom stereocenters. The van der Waals surface area contributed by atoms with Crippen molar-refractivity contribution >= 4 is 8.80 Å². The lowest BCUT2D eigenvalue weighted by Crippen LogP contribution is -2.48. The van der Waals surface area contributed by atoms with Crippen LogP contribution in [0.1, 0.15) is 41.0 Å². The number of ether oxygens (including phenoxy) is 1. The minimum absolute atomic E-state index is 0.345. The lowest BCUT2D eigenvalue weighted by Gasteiger charge is -2.30. The van der Waals surface area contributed by atoms with Gasteiger partial charge in [-0.2, -0.15) is 0 Å². The highest BCUT2D eigenvalue weighted by atomic mass is 28.4. The van der Waals surface area contributed by atoms with Gasteiger partial charge in [0.1, 0.15) is 0 Å². The molecule has 5 heteroatoms.